The van der Waals surface area contributed by atoms with Crippen molar-refractivity contribution in [2.45, 2.75) is 20.3 Å². The van der Waals surface area contributed by atoms with Gasteiger partial charge in [-0.25, -0.2) is 4.79 Å². The van der Waals surface area contributed by atoms with Crippen LogP contribution < -0.4 is 10.6 Å². The van der Waals surface area contributed by atoms with Crippen LogP contribution in [0.3, 0.4) is 0 Å². The Kier molecular flexibility index (Phi) is 4.41. The van der Waals surface area contributed by atoms with Gasteiger partial charge >= 0.3 is 6.03 Å². The summed E-state index contributed by atoms with van der Waals surface area (Å²) >= 11 is 1.34. The summed E-state index contributed by atoms with van der Waals surface area (Å²) in [6.07, 6.45) is 0.785. The van der Waals surface area contributed by atoms with Crippen molar-refractivity contribution in [2.24, 2.45) is 0 Å². The van der Waals surface area contributed by atoms with Crippen LogP contribution >= 0.6 is 11.3 Å². The molecule has 7 heteroatoms. The van der Waals surface area contributed by atoms with E-state index in [1.54, 1.807) is 24.3 Å². The van der Waals surface area contributed by atoms with Crippen molar-refractivity contribution in [3.05, 3.63) is 34.8 Å². The molecule has 1 aromatic carbocycles. The topological polar surface area (TPSA) is 84.0 Å². The lowest BCUT2D eigenvalue weighted by atomic mass is 10.1. The molecular weight excluding hydrogens is 276 g/mol. The Bertz CT molecular complexity index is 622. The van der Waals surface area contributed by atoms with Crippen molar-refractivity contribution in [1.29, 1.82) is 0 Å². The third-order valence-corrected chi connectivity index (χ3v) is 3.52. The molecule has 0 aliphatic rings. The molecule has 0 spiro atoms. The number of aromatic nitrogens is 2. The Morgan fingerprint density at radius 2 is 1.85 bits per heavy atom. The van der Waals surface area contributed by atoms with Crippen LogP contribution in [0.1, 0.15) is 29.2 Å². The molecule has 2 amide bonds. The van der Waals surface area contributed by atoms with E-state index in [0.29, 0.717) is 16.4 Å². The number of carbonyl (C=O) groups excluding carboxylic acids is 2. The van der Waals surface area contributed by atoms with Crippen molar-refractivity contribution >= 4 is 34.0 Å². The van der Waals surface area contributed by atoms with Gasteiger partial charge < -0.3 is 5.32 Å². The molecule has 0 fully saturated rings. The van der Waals surface area contributed by atoms with Gasteiger partial charge in [0.25, 0.3) is 0 Å². The lowest BCUT2D eigenvalue weighted by Crippen LogP contribution is -2.19. The normalized spacial score (nSPS) is 10.1. The van der Waals surface area contributed by atoms with Crippen LogP contribution in [0.15, 0.2) is 24.3 Å². The highest BCUT2D eigenvalue weighted by molar-refractivity contribution is 7.15. The van der Waals surface area contributed by atoms with E-state index in [1.165, 1.54) is 18.3 Å². The first-order chi connectivity index (χ1) is 9.58. The van der Waals surface area contributed by atoms with Crippen LogP contribution in [0.4, 0.5) is 15.6 Å². The van der Waals surface area contributed by atoms with Gasteiger partial charge in [0.2, 0.25) is 5.13 Å². The van der Waals surface area contributed by atoms with Gasteiger partial charge in [-0.15, -0.1) is 10.2 Å². The first-order valence-corrected chi connectivity index (χ1v) is 6.91. The van der Waals surface area contributed by atoms with Crippen molar-refractivity contribution in [3.63, 3.8) is 0 Å². The number of amides is 2. The summed E-state index contributed by atoms with van der Waals surface area (Å²) < 4.78 is 0. The Labute approximate surface area is 120 Å². The fourth-order valence-electron chi connectivity index (χ4n) is 1.49. The third kappa shape index (κ3) is 3.61. The van der Waals surface area contributed by atoms with Crippen molar-refractivity contribution < 1.29 is 9.59 Å². The molecule has 0 unspecified atom stereocenters. The molecule has 2 aromatic rings. The average Bonchev–Trinajstić information content (AvgIpc) is 2.86. The molecule has 0 aliphatic heterocycles. The molecule has 2 rings (SSSR count). The fourth-order valence-corrected chi connectivity index (χ4v) is 2.17. The Balaban J connectivity index is 1.95. The second kappa shape index (κ2) is 6.25. The minimum Gasteiger partial charge on any atom is -0.308 e. The van der Waals surface area contributed by atoms with E-state index in [0.717, 1.165) is 11.4 Å². The number of ketones is 1. The first-order valence-electron chi connectivity index (χ1n) is 6.10. The summed E-state index contributed by atoms with van der Waals surface area (Å²) in [5.41, 5.74) is 1.21. The zero-order valence-electron chi connectivity index (χ0n) is 11.1. The molecule has 0 aliphatic carbocycles. The summed E-state index contributed by atoms with van der Waals surface area (Å²) in [5.74, 6) is -0.0121. The largest absolute Gasteiger partial charge is 0.325 e. The van der Waals surface area contributed by atoms with Crippen LogP contribution in [0.25, 0.3) is 0 Å². The van der Waals surface area contributed by atoms with Gasteiger partial charge in [0.1, 0.15) is 5.01 Å². The van der Waals surface area contributed by atoms with Gasteiger partial charge in [0, 0.05) is 11.3 Å². The van der Waals surface area contributed by atoms with E-state index in [1.807, 2.05) is 6.92 Å². The molecule has 0 radical (unpaired) electrons. The second-order valence-corrected chi connectivity index (χ2v) is 5.13. The molecule has 0 bridgehead atoms. The van der Waals surface area contributed by atoms with E-state index in [2.05, 4.69) is 20.8 Å². The van der Waals surface area contributed by atoms with E-state index in [4.69, 9.17) is 0 Å². The van der Waals surface area contributed by atoms with Crippen LogP contribution in [0.2, 0.25) is 0 Å². The lowest BCUT2D eigenvalue weighted by Gasteiger charge is -2.05. The Morgan fingerprint density at radius 1 is 1.15 bits per heavy atom. The minimum absolute atomic E-state index is 0.0121. The number of hydrogen-bond donors (Lipinski definition) is 2. The molecule has 104 valence electrons. The van der Waals surface area contributed by atoms with Gasteiger partial charge in [0.15, 0.2) is 5.78 Å². The average molecular weight is 290 g/mol. The van der Waals surface area contributed by atoms with Gasteiger partial charge in [-0.3, -0.25) is 10.1 Å². The molecule has 0 saturated heterocycles. The molecule has 20 heavy (non-hydrogen) atoms. The lowest BCUT2D eigenvalue weighted by molar-refractivity contribution is 0.101. The summed E-state index contributed by atoms with van der Waals surface area (Å²) in [6.45, 7) is 3.47. The number of benzene rings is 1. The first kappa shape index (κ1) is 14.1. The number of nitrogens with one attached hydrogen (secondary N) is 2. The van der Waals surface area contributed by atoms with E-state index in [9.17, 15) is 9.59 Å². The van der Waals surface area contributed by atoms with Crippen molar-refractivity contribution in [3.8, 4) is 0 Å². The van der Waals surface area contributed by atoms with Crippen molar-refractivity contribution in [1.82, 2.24) is 10.2 Å². The number of urea groups is 1. The van der Waals surface area contributed by atoms with Crippen LogP contribution in [-0.2, 0) is 6.42 Å². The molecular formula is C13H14N4O2S. The third-order valence-electron chi connectivity index (χ3n) is 2.54. The van der Waals surface area contributed by atoms with Gasteiger partial charge in [-0.05, 0) is 37.6 Å². The van der Waals surface area contributed by atoms with Crippen LogP contribution in [0, 0.1) is 0 Å². The smallest absolute Gasteiger partial charge is 0.308 e. The molecule has 1 heterocycles. The maximum Gasteiger partial charge on any atom is 0.325 e. The number of carbonyl (C=O) groups is 2. The Hall–Kier alpha value is -2.28. The summed E-state index contributed by atoms with van der Waals surface area (Å²) in [7, 11) is 0. The highest BCUT2D eigenvalue weighted by Crippen LogP contribution is 2.16. The standard InChI is InChI=1S/C13H14N4O2S/c1-3-11-16-17-13(20-11)15-12(19)14-10-6-4-9(5-7-10)8(2)18/h4-7H,3H2,1-2H3,(H2,14,15,17,19). The van der Waals surface area contributed by atoms with Gasteiger partial charge in [-0.2, -0.15) is 0 Å². The fraction of sp³-hybridized carbons (Fsp3) is 0.231. The zero-order valence-corrected chi connectivity index (χ0v) is 12.0. The predicted molar refractivity (Wildman–Crippen MR) is 78.4 cm³/mol. The minimum atomic E-state index is -0.389. The van der Waals surface area contributed by atoms with Crippen LogP contribution in [-0.4, -0.2) is 22.0 Å². The number of Topliss-reactive ketones (excluding diaryl/α,β-unsaturated/α-hetero) is 1. The number of aryl methyl sites for hydroxylation is 1. The Morgan fingerprint density at radius 3 is 2.40 bits per heavy atom. The molecule has 6 nitrogen and oxygen atoms in total. The van der Waals surface area contributed by atoms with Gasteiger partial charge in [-0.1, -0.05) is 18.3 Å². The quantitative estimate of drug-likeness (QED) is 0.848. The zero-order chi connectivity index (χ0) is 14.5. The van der Waals surface area contributed by atoms with E-state index in [-0.39, 0.29) is 11.8 Å². The number of nitrogens with zero attached hydrogens (tertiary/aromatic N) is 2. The summed E-state index contributed by atoms with van der Waals surface area (Å²) in [4.78, 5) is 22.9. The monoisotopic (exact) mass is 290 g/mol. The van der Waals surface area contributed by atoms with Crippen LogP contribution in [0.5, 0.6) is 0 Å². The molecule has 0 saturated carbocycles. The van der Waals surface area contributed by atoms with E-state index < -0.39 is 0 Å². The molecule has 1 aromatic heterocycles. The number of rotatable bonds is 4. The maximum absolute atomic E-state index is 11.7. The maximum atomic E-state index is 11.7. The number of anilines is 2. The van der Waals surface area contributed by atoms with Crippen molar-refractivity contribution in [2.75, 3.05) is 10.6 Å². The SMILES string of the molecule is CCc1nnc(NC(=O)Nc2ccc(C(C)=O)cc2)s1. The summed E-state index contributed by atoms with van der Waals surface area (Å²) in [5, 5.41) is 14.4. The van der Waals surface area contributed by atoms with E-state index >= 15 is 0 Å². The highest BCUT2D eigenvalue weighted by Gasteiger charge is 2.07. The summed E-state index contributed by atoms with van der Waals surface area (Å²) in [6, 6.07) is 6.29. The molecule has 0 atom stereocenters. The highest BCUT2D eigenvalue weighted by atomic mass is 32.1. The van der Waals surface area contributed by atoms with Gasteiger partial charge in [0.05, 0.1) is 0 Å². The molecule has 2 N–H and O–H groups in total. The number of hydrogen-bond acceptors (Lipinski definition) is 5. The predicted octanol–water partition coefficient (Wildman–Crippen LogP) is 2.95. The second-order valence-electron chi connectivity index (χ2n) is 4.07.